The van der Waals surface area contributed by atoms with Gasteiger partial charge in [0, 0.05) is 13.6 Å². The highest BCUT2D eigenvalue weighted by molar-refractivity contribution is 5.83. The number of carbonyl (C=O) groups is 1. The Hall–Kier alpha value is -2.21. The van der Waals surface area contributed by atoms with Gasteiger partial charge in [0.2, 0.25) is 5.91 Å². The average Bonchev–Trinajstić information content (AvgIpc) is 3.20. The number of amides is 1. The quantitative estimate of drug-likeness (QED) is 0.859. The predicted molar refractivity (Wildman–Crippen MR) is 90.6 cm³/mol. The minimum atomic E-state index is -0.164. The van der Waals surface area contributed by atoms with Crippen molar-refractivity contribution in [3.05, 3.63) is 42.2 Å². The molecule has 2 aromatic rings. The monoisotopic (exact) mass is 325 g/mol. The molecule has 2 bridgehead atoms. The lowest BCUT2D eigenvalue weighted by Crippen LogP contribution is -2.46. The Morgan fingerprint density at radius 3 is 2.92 bits per heavy atom. The van der Waals surface area contributed by atoms with Crippen molar-refractivity contribution < 1.29 is 4.79 Å². The Morgan fingerprint density at radius 2 is 2.08 bits per heavy atom. The van der Waals surface area contributed by atoms with Crippen molar-refractivity contribution in [2.45, 2.75) is 25.8 Å². The van der Waals surface area contributed by atoms with E-state index in [2.05, 4.69) is 15.1 Å². The number of piperidine rings is 1. The molecular formula is C18H23N5O. The van der Waals surface area contributed by atoms with Crippen LogP contribution in [0, 0.1) is 5.41 Å². The van der Waals surface area contributed by atoms with Crippen LogP contribution in [0.1, 0.15) is 25.0 Å². The Bertz CT molecular complexity index is 724. The van der Waals surface area contributed by atoms with E-state index in [1.807, 2.05) is 42.3 Å². The van der Waals surface area contributed by atoms with Gasteiger partial charge in [-0.2, -0.15) is 15.0 Å². The summed E-state index contributed by atoms with van der Waals surface area (Å²) in [6.45, 7) is 3.63. The second kappa shape index (κ2) is 6.02. The van der Waals surface area contributed by atoms with Gasteiger partial charge in [0.15, 0.2) is 0 Å². The third kappa shape index (κ3) is 2.71. The zero-order chi connectivity index (χ0) is 16.6. The number of para-hydroxylation sites is 1. The molecule has 1 aromatic heterocycles. The van der Waals surface area contributed by atoms with Gasteiger partial charge in [0.05, 0.1) is 23.8 Å². The molecule has 24 heavy (non-hydrogen) atoms. The minimum absolute atomic E-state index is 0.164. The minimum Gasteiger partial charge on any atom is -0.339 e. The van der Waals surface area contributed by atoms with Crippen molar-refractivity contribution in [3.8, 4) is 5.69 Å². The summed E-state index contributed by atoms with van der Waals surface area (Å²) in [5, 5.41) is 8.82. The van der Waals surface area contributed by atoms with E-state index in [9.17, 15) is 4.79 Å². The van der Waals surface area contributed by atoms with Crippen molar-refractivity contribution in [2.24, 2.45) is 5.41 Å². The highest BCUT2D eigenvalue weighted by Gasteiger charge is 2.47. The summed E-state index contributed by atoms with van der Waals surface area (Å²) in [7, 11) is 1.88. The number of aromatic nitrogens is 3. The smallest absolute Gasteiger partial charge is 0.230 e. The van der Waals surface area contributed by atoms with Gasteiger partial charge in [-0.1, -0.05) is 18.2 Å². The van der Waals surface area contributed by atoms with Gasteiger partial charge in [0.25, 0.3) is 0 Å². The first-order valence-electron chi connectivity index (χ1n) is 8.61. The van der Waals surface area contributed by atoms with Crippen molar-refractivity contribution >= 4 is 5.91 Å². The summed E-state index contributed by atoms with van der Waals surface area (Å²) in [4.78, 5) is 18.9. The fraction of sp³-hybridized carbons (Fsp3) is 0.500. The molecule has 0 radical (unpaired) electrons. The molecule has 6 nitrogen and oxygen atoms in total. The van der Waals surface area contributed by atoms with Crippen LogP contribution in [0.15, 0.2) is 36.5 Å². The summed E-state index contributed by atoms with van der Waals surface area (Å²) in [5.41, 5.74) is 1.58. The fourth-order valence-electron chi connectivity index (χ4n) is 4.05. The molecule has 3 heterocycles. The van der Waals surface area contributed by atoms with E-state index in [-0.39, 0.29) is 11.3 Å². The van der Waals surface area contributed by atoms with E-state index in [4.69, 9.17) is 0 Å². The van der Waals surface area contributed by atoms with Crippen LogP contribution in [0.25, 0.3) is 5.69 Å². The number of rotatable bonds is 4. The summed E-state index contributed by atoms with van der Waals surface area (Å²) >= 11 is 0. The molecule has 2 unspecified atom stereocenters. The van der Waals surface area contributed by atoms with E-state index >= 15 is 0 Å². The van der Waals surface area contributed by atoms with Gasteiger partial charge in [-0.15, -0.1) is 0 Å². The Labute approximate surface area is 142 Å². The first kappa shape index (κ1) is 15.3. The van der Waals surface area contributed by atoms with Gasteiger partial charge in [0.1, 0.15) is 5.69 Å². The molecule has 2 saturated heterocycles. The molecule has 1 aromatic carbocycles. The maximum Gasteiger partial charge on any atom is 0.230 e. The van der Waals surface area contributed by atoms with Crippen molar-refractivity contribution in [2.75, 3.05) is 26.7 Å². The highest BCUT2D eigenvalue weighted by Crippen LogP contribution is 2.40. The average molecular weight is 325 g/mol. The second-order valence-electron chi connectivity index (χ2n) is 7.03. The van der Waals surface area contributed by atoms with E-state index in [1.54, 1.807) is 11.0 Å². The Morgan fingerprint density at radius 1 is 1.25 bits per heavy atom. The molecule has 0 aliphatic carbocycles. The second-order valence-corrected chi connectivity index (χ2v) is 7.03. The molecule has 2 aliphatic heterocycles. The molecule has 0 N–H and O–H groups in total. The summed E-state index contributed by atoms with van der Waals surface area (Å²) in [6.07, 6.45) is 4.89. The van der Waals surface area contributed by atoms with Gasteiger partial charge in [-0.3, -0.25) is 4.79 Å². The van der Waals surface area contributed by atoms with Gasteiger partial charge in [-0.25, -0.2) is 0 Å². The Balaban J connectivity index is 1.46. The maximum absolute atomic E-state index is 13.0. The van der Waals surface area contributed by atoms with Crippen molar-refractivity contribution in [3.63, 3.8) is 0 Å². The number of carbonyl (C=O) groups excluding carboxylic acids is 1. The van der Waals surface area contributed by atoms with Crippen LogP contribution < -0.4 is 0 Å². The molecule has 0 saturated carbocycles. The lowest BCUT2D eigenvalue weighted by molar-refractivity contribution is -0.142. The normalized spacial score (nSPS) is 25.6. The summed E-state index contributed by atoms with van der Waals surface area (Å²) in [6, 6.07) is 9.82. The third-order valence-corrected chi connectivity index (χ3v) is 5.29. The van der Waals surface area contributed by atoms with E-state index in [0.717, 1.165) is 50.3 Å². The largest absolute Gasteiger partial charge is 0.339 e. The van der Waals surface area contributed by atoms with Crippen LogP contribution >= 0.6 is 0 Å². The van der Waals surface area contributed by atoms with E-state index in [0.29, 0.717) is 6.54 Å². The predicted octanol–water partition coefficient (Wildman–Crippen LogP) is 1.71. The molecule has 2 aliphatic rings. The fourth-order valence-corrected chi connectivity index (χ4v) is 4.05. The number of hydrogen-bond acceptors (Lipinski definition) is 4. The van der Waals surface area contributed by atoms with Crippen molar-refractivity contribution in [1.29, 1.82) is 0 Å². The van der Waals surface area contributed by atoms with Crippen LogP contribution in [0.3, 0.4) is 0 Å². The number of nitrogens with zero attached hydrogens (tertiary/aromatic N) is 5. The maximum atomic E-state index is 13.0. The Kier molecular flexibility index (Phi) is 3.84. The molecular weight excluding hydrogens is 302 g/mol. The first-order valence-corrected chi connectivity index (χ1v) is 8.61. The SMILES string of the molecule is CN(Cc1cnn(-c2ccccc2)n1)C(=O)C12CCCN(CC1)C2. The number of benzene rings is 1. The van der Waals surface area contributed by atoms with Crippen molar-refractivity contribution in [1.82, 2.24) is 24.8 Å². The number of hydrogen-bond donors (Lipinski definition) is 0. The zero-order valence-corrected chi connectivity index (χ0v) is 14.1. The molecule has 2 fully saturated rings. The number of fused-ring (bicyclic) bond motifs is 2. The molecule has 4 rings (SSSR count). The summed E-state index contributed by atoms with van der Waals surface area (Å²) < 4.78 is 0. The van der Waals surface area contributed by atoms with Crippen LogP contribution in [-0.4, -0.2) is 57.4 Å². The van der Waals surface area contributed by atoms with E-state index in [1.165, 1.54) is 0 Å². The highest BCUT2D eigenvalue weighted by atomic mass is 16.2. The molecule has 6 heteroatoms. The molecule has 126 valence electrons. The van der Waals surface area contributed by atoms with Gasteiger partial charge >= 0.3 is 0 Å². The van der Waals surface area contributed by atoms with Crippen LogP contribution in [0.2, 0.25) is 0 Å². The van der Waals surface area contributed by atoms with Crippen LogP contribution in [-0.2, 0) is 11.3 Å². The topological polar surface area (TPSA) is 54.3 Å². The van der Waals surface area contributed by atoms with Crippen LogP contribution in [0.4, 0.5) is 0 Å². The lowest BCUT2D eigenvalue weighted by atomic mass is 9.79. The molecule has 0 spiro atoms. The van der Waals surface area contributed by atoms with Crippen LogP contribution in [0.5, 0.6) is 0 Å². The first-order chi connectivity index (χ1) is 11.7. The third-order valence-electron chi connectivity index (χ3n) is 5.29. The zero-order valence-electron chi connectivity index (χ0n) is 14.1. The van der Waals surface area contributed by atoms with Gasteiger partial charge < -0.3 is 9.80 Å². The van der Waals surface area contributed by atoms with E-state index < -0.39 is 0 Å². The molecule has 2 atom stereocenters. The molecule has 1 amide bonds. The summed E-state index contributed by atoms with van der Waals surface area (Å²) in [5.74, 6) is 0.263. The lowest BCUT2D eigenvalue weighted by Gasteiger charge is -2.35. The van der Waals surface area contributed by atoms with Gasteiger partial charge in [-0.05, 0) is 44.5 Å². The standard InChI is InChI=1S/C18H23N5O/c1-21(17(24)18-8-5-10-22(14-18)11-9-18)13-15-12-19-23(20-15)16-6-3-2-4-7-16/h2-4,6-7,12H,5,8-11,13-14H2,1H3.